The van der Waals surface area contributed by atoms with Gasteiger partial charge in [0.05, 0.1) is 34.9 Å². The van der Waals surface area contributed by atoms with Gasteiger partial charge in [0.25, 0.3) is 5.88 Å². The lowest BCUT2D eigenvalue weighted by atomic mass is 10.1. The fourth-order valence-corrected chi connectivity index (χ4v) is 3.36. The van der Waals surface area contributed by atoms with Gasteiger partial charge in [0.1, 0.15) is 0 Å². The number of hydrogen-bond donors (Lipinski definition) is 0. The molecule has 0 aliphatic heterocycles. The van der Waals surface area contributed by atoms with Gasteiger partial charge in [-0.3, -0.25) is 4.98 Å². The molecule has 2 aromatic rings. The molecule has 1 aliphatic rings. The van der Waals surface area contributed by atoms with Crippen LogP contribution in [0.1, 0.15) is 36.8 Å². The Morgan fingerprint density at radius 1 is 1.23 bits per heavy atom. The molecule has 0 unspecified atom stereocenters. The van der Waals surface area contributed by atoms with Gasteiger partial charge in [-0.2, -0.15) is 5.26 Å². The summed E-state index contributed by atoms with van der Waals surface area (Å²) in [5.74, 6) is 0.933. The highest BCUT2D eigenvalue weighted by atomic mass is 35.5. The number of allylic oxidation sites excluding steroid dienone is 1. The Hall–Kier alpha value is -2.29. The van der Waals surface area contributed by atoms with E-state index in [1.54, 1.807) is 25.4 Å². The molecule has 5 nitrogen and oxygen atoms in total. The summed E-state index contributed by atoms with van der Waals surface area (Å²) in [7, 11) is 1.54. The largest absolute Gasteiger partial charge is 0.485 e. The summed E-state index contributed by atoms with van der Waals surface area (Å²) in [5.41, 5.74) is 1.51. The summed E-state index contributed by atoms with van der Waals surface area (Å²) >= 11 is 12.3. The minimum Gasteiger partial charge on any atom is -0.485 e. The van der Waals surface area contributed by atoms with Crippen molar-refractivity contribution >= 4 is 34.9 Å². The summed E-state index contributed by atoms with van der Waals surface area (Å²) in [6.07, 6.45) is 10.6. The quantitative estimate of drug-likeness (QED) is 0.659. The Bertz CT molecular complexity index is 851. The second-order valence-corrected chi connectivity index (χ2v) is 6.76. The van der Waals surface area contributed by atoms with Crippen LogP contribution in [0.25, 0.3) is 11.6 Å². The molecular weight excluding hydrogens is 373 g/mol. The van der Waals surface area contributed by atoms with Crippen LogP contribution >= 0.6 is 23.2 Å². The van der Waals surface area contributed by atoms with E-state index >= 15 is 0 Å². The SMILES string of the molecule is COc1ncc(/C(C#N)=C/c2c(Cl)cncc2Cl)cc1OC1CCCC1. The number of nitrogens with zero attached hydrogens (tertiary/aromatic N) is 3. The first kappa shape index (κ1) is 18.5. The monoisotopic (exact) mass is 389 g/mol. The number of nitriles is 1. The number of halogens is 2. The third-order valence-electron chi connectivity index (χ3n) is 4.22. The van der Waals surface area contributed by atoms with E-state index in [4.69, 9.17) is 32.7 Å². The third kappa shape index (κ3) is 4.09. The van der Waals surface area contributed by atoms with E-state index in [9.17, 15) is 5.26 Å². The normalized spacial score (nSPS) is 14.9. The molecule has 1 fully saturated rings. The Morgan fingerprint density at radius 3 is 2.54 bits per heavy atom. The molecular formula is C19H17Cl2N3O2. The van der Waals surface area contributed by atoms with Crippen LogP contribution in [-0.2, 0) is 0 Å². The van der Waals surface area contributed by atoms with Gasteiger partial charge in [-0.1, -0.05) is 23.2 Å². The van der Waals surface area contributed by atoms with Crippen molar-refractivity contribution in [3.8, 4) is 17.7 Å². The molecule has 3 rings (SSSR count). The summed E-state index contributed by atoms with van der Waals surface area (Å²) in [4.78, 5) is 8.20. The zero-order valence-electron chi connectivity index (χ0n) is 14.2. The minimum absolute atomic E-state index is 0.152. The molecule has 0 aromatic carbocycles. The maximum atomic E-state index is 9.60. The molecule has 2 heterocycles. The van der Waals surface area contributed by atoms with Gasteiger partial charge < -0.3 is 9.47 Å². The Morgan fingerprint density at radius 2 is 1.92 bits per heavy atom. The van der Waals surface area contributed by atoms with Crippen LogP contribution in [0.4, 0.5) is 0 Å². The second kappa shape index (κ2) is 8.39. The first-order valence-corrected chi connectivity index (χ1v) is 9.00. The highest BCUT2D eigenvalue weighted by Crippen LogP contribution is 2.34. The molecule has 134 valence electrons. The van der Waals surface area contributed by atoms with Crippen LogP contribution in [0.2, 0.25) is 10.0 Å². The zero-order chi connectivity index (χ0) is 18.5. The highest BCUT2D eigenvalue weighted by molar-refractivity contribution is 6.37. The molecule has 0 atom stereocenters. The average molecular weight is 390 g/mol. The predicted octanol–water partition coefficient (Wildman–Crippen LogP) is 5.18. The van der Waals surface area contributed by atoms with Gasteiger partial charge in [-0.15, -0.1) is 0 Å². The number of pyridine rings is 2. The molecule has 26 heavy (non-hydrogen) atoms. The molecule has 2 aromatic heterocycles. The molecule has 0 amide bonds. The van der Waals surface area contributed by atoms with E-state index in [-0.39, 0.29) is 6.10 Å². The van der Waals surface area contributed by atoms with Crippen LogP contribution in [0.3, 0.4) is 0 Å². The number of ether oxygens (including phenoxy) is 2. The number of hydrogen-bond acceptors (Lipinski definition) is 5. The van der Waals surface area contributed by atoms with Crippen LogP contribution in [0.5, 0.6) is 11.6 Å². The van der Waals surface area contributed by atoms with Crippen molar-refractivity contribution < 1.29 is 9.47 Å². The van der Waals surface area contributed by atoms with Crippen molar-refractivity contribution in [2.24, 2.45) is 0 Å². The van der Waals surface area contributed by atoms with Crippen LogP contribution in [0.15, 0.2) is 24.7 Å². The molecule has 0 N–H and O–H groups in total. The van der Waals surface area contributed by atoms with Gasteiger partial charge in [0, 0.05) is 29.7 Å². The first-order chi connectivity index (χ1) is 12.6. The van der Waals surface area contributed by atoms with E-state index in [0.717, 1.165) is 25.7 Å². The first-order valence-electron chi connectivity index (χ1n) is 8.24. The number of aromatic nitrogens is 2. The number of methoxy groups -OCH3 is 1. The fourth-order valence-electron chi connectivity index (χ4n) is 2.89. The van der Waals surface area contributed by atoms with E-state index in [1.807, 2.05) is 0 Å². The van der Waals surface area contributed by atoms with Crippen molar-refractivity contribution in [1.82, 2.24) is 9.97 Å². The summed E-state index contributed by atoms with van der Waals surface area (Å²) < 4.78 is 11.3. The van der Waals surface area contributed by atoms with Crippen molar-refractivity contribution in [3.05, 3.63) is 45.8 Å². The lowest BCUT2D eigenvalue weighted by Crippen LogP contribution is -2.12. The Kier molecular flexibility index (Phi) is 5.97. The standard InChI is InChI=1S/C19H17Cl2N3O2/c1-25-19-18(26-14-4-2-3-5-14)7-13(9-24-19)12(8-22)6-15-16(20)10-23-11-17(15)21/h6-7,9-11,14H,2-5H2,1H3/b12-6+. The van der Waals surface area contributed by atoms with E-state index < -0.39 is 0 Å². The van der Waals surface area contributed by atoms with Crippen LogP contribution in [0, 0.1) is 11.3 Å². The number of rotatable bonds is 5. The topological polar surface area (TPSA) is 68.0 Å². The van der Waals surface area contributed by atoms with Crippen LogP contribution in [-0.4, -0.2) is 23.2 Å². The maximum absolute atomic E-state index is 9.60. The molecule has 0 bridgehead atoms. The smallest absolute Gasteiger partial charge is 0.256 e. The minimum atomic E-state index is 0.152. The van der Waals surface area contributed by atoms with Crippen molar-refractivity contribution in [3.63, 3.8) is 0 Å². The van der Waals surface area contributed by atoms with Gasteiger partial charge >= 0.3 is 0 Å². The van der Waals surface area contributed by atoms with Gasteiger partial charge in [0.2, 0.25) is 0 Å². The lowest BCUT2D eigenvalue weighted by molar-refractivity contribution is 0.198. The summed E-state index contributed by atoms with van der Waals surface area (Å²) in [5, 5.41) is 10.3. The zero-order valence-corrected chi connectivity index (χ0v) is 15.7. The highest BCUT2D eigenvalue weighted by Gasteiger charge is 2.20. The van der Waals surface area contributed by atoms with E-state index in [2.05, 4.69) is 16.0 Å². The lowest BCUT2D eigenvalue weighted by Gasteiger charge is -2.16. The van der Waals surface area contributed by atoms with Crippen LogP contribution < -0.4 is 9.47 Å². The molecule has 7 heteroatoms. The second-order valence-electron chi connectivity index (χ2n) is 5.94. The Balaban J connectivity index is 1.98. The van der Waals surface area contributed by atoms with Crippen molar-refractivity contribution in [2.45, 2.75) is 31.8 Å². The molecule has 0 radical (unpaired) electrons. The fraction of sp³-hybridized carbons (Fsp3) is 0.316. The molecule has 1 saturated carbocycles. The van der Waals surface area contributed by atoms with Gasteiger partial charge in [-0.25, -0.2) is 4.98 Å². The van der Waals surface area contributed by atoms with E-state index in [0.29, 0.717) is 38.4 Å². The van der Waals surface area contributed by atoms with Gasteiger partial charge in [-0.05, 0) is 37.8 Å². The van der Waals surface area contributed by atoms with Gasteiger partial charge in [0.15, 0.2) is 5.75 Å². The average Bonchev–Trinajstić information content (AvgIpc) is 3.15. The molecule has 0 saturated heterocycles. The summed E-state index contributed by atoms with van der Waals surface area (Å²) in [6.45, 7) is 0. The maximum Gasteiger partial charge on any atom is 0.256 e. The third-order valence-corrected chi connectivity index (χ3v) is 4.82. The molecule has 1 aliphatic carbocycles. The van der Waals surface area contributed by atoms with Crippen molar-refractivity contribution in [1.29, 1.82) is 5.26 Å². The Labute approximate surface area is 162 Å². The predicted molar refractivity (Wildman–Crippen MR) is 101 cm³/mol. The summed E-state index contributed by atoms with van der Waals surface area (Å²) in [6, 6.07) is 3.93. The van der Waals surface area contributed by atoms with Crippen molar-refractivity contribution in [2.75, 3.05) is 7.11 Å². The van der Waals surface area contributed by atoms with E-state index in [1.165, 1.54) is 12.4 Å². The molecule has 0 spiro atoms.